The number of unbranched alkanes of at least 4 members (excludes halogenated alkanes) is 18. The lowest BCUT2D eigenvalue weighted by Crippen LogP contribution is -2.30. The van der Waals surface area contributed by atoms with Gasteiger partial charge in [-0.05, 0) is 122 Å². The van der Waals surface area contributed by atoms with Gasteiger partial charge >= 0.3 is 25.7 Å². The maximum atomic E-state index is 12.9. The first-order valence-corrected chi connectivity index (χ1v) is 31.9. The van der Waals surface area contributed by atoms with Crippen LogP contribution < -0.4 is 0 Å². The second-order valence-electron chi connectivity index (χ2n) is 19.7. The van der Waals surface area contributed by atoms with Crippen molar-refractivity contribution in [1.82, 2.24) is 0 Å². The van der Waals surface area contributed by atoms with Crippen LogP contribution in [-0.2, 0) is 42.2 Å². The molecule has 0 aromatic rings. The van der Waals surface area contributed by atoms with Gasteiger partial charge in [-0.3, -0.25) is 23.4 Å². The Morgan fingerprint density at radius 2 is 0.679 bits per heavy atom. The molecule has 78 heavy (non-hydrogen) atoms. The van der Waals surface area contributed by atoms with Gasteiger partial charge in [-0.2, -0.15) is 0 Å². The summed E-state index contributed by atoms with van der Waals surface area (Å²) in [5.74, 6) is -1.57. The van der Waals surface area contributed by atoms with Crippen LogP contribution in [0.25, 0.3) is 0 Å². The van der Waals surface area contributed by atoms with E-state index < -0.39 is 57.8 Å². The average Bonchev–Trinajstić information content (AvgIpc) is 3.43. The number of hydrogen-bond donors (Lipinski definition) is 2. The van der Waals surface area contributed by atoms with Crippen LogP contribution in [0.15, 0.2) is 122 Å². The van der Waals surface area contributed by atoms with Gasteiger partial charge in [0.05, 0.1) is 19.8 Å². The zero-order valence-electron chi connectivity index (χ0n) is 49.1. The van der Waals surface area contributed by atoms with Gasteiger partial charge in [0.15, 0.2) is 6.10 Å². The second-order valence-corrected chi connectivity index (χ2v) is 21.2. The lowest BCUT2D eigenvalue weighted by atomic mass is 10.1. The maximum Gasteiger partial charge on any atom is 0.472 e. The fourth-order valence-electron chi connectivity index (χ4n) is 7.79. The highest BCUT2D eigenvalue weighted by atomic mass is 31.2. The molecule has 0 heterocycles. The molecular weight excluding hydrogens is 1000 g/mol. The van der Waals surface area contributed by atoms with Crippen molar-refractivity contribution in [2.24, 2.45) is 0 Å². The largest absolute Gasteiger partial charge is 0.472 e. The monoisotopic (exact) mass is 1110 g/mol. The molecule has 11 nitrogen and oxygen atoms in total. The van der Waals surface area contributed by atoms with Crippen molar-refractivity contribution in [2.45, 2.75) is 251 Å². The number of esters is 3. The molecule has 0 aliphatic heterocycles. The zero-order valence-corrected chi connectivity index (χ0v) is 50.0. The summed E-state index contributed by atoms with van der Waals surface area (Å²) in [6, 6.07) is 0. The fraction of sp³-hybridized carbons (Fsp3) is 0.652. The minimum atomic E-state index is -4.78. The molecular formula is C66H109O11P. The summed E-state index contributed by atoms with van der Waals surface area (Å²) in [4.78, 5) is 48.6. The van der Waals surface area contributed by atoms with Crippen molar-refractivity contribution in [3.63, 3.8) is 0 Å². The SMILES string of the molecule is CC/C=C\C/C=C\C/C=C\C/C=C\C/C=C\CCCC(=O)OC(COC(=O)CCCCCCCCC/C=C\CCCCCCCC)COP(=O)(O)OCC(CO)OC(=O)CCCCCC/C=C\C/C=C\C/C=C\C/C=C\CC. The van der Waals surface area contributed by atoms with Gasteiger partial charge in [-0.1, -0.05) is 219 Å². The third-order valence-electron chi connectivity index (χ3n) is 12.3. The number of phosphoric acid groups is 1. The first-order chi connectivity index (χ1) is 38.2. The Hall–Kier alpha value is -4.12. The normalized spacial score (nSPS) is 14.2. The van der Waals surface area contributed by atoms with E-state index in [1.165, 1.54) is 64.2 Å². The van der Waals surface area contributed by atoms with Crippen LogP contribution in [0.5, 0.6) is 0 Å². The van der Waals surface area contributed by atoms with E-state index in [9.17, 15) is 28.9 Å². The van der Waals surface area contributed by atoms with E-state index in [0.717, 1.165) is 109 Å². The van der Waals surface area contributed by atoms with Crippen LogP contribution in [0.3, 0.4) is 0 Å². The number of ether oxygens (including phenoxy) is 3. The first kappa shape index (κ1) is 73.9. The van der Waals surface area contributed by atoms with Crippen molar-refractivity contribution in [1.29, 1.82) is 0 Å². The molecule has 0 saturated carbocycles. The van der Waals surface area contributed by atoms with E-state index in [2.05, 4.69) is 130 Å². The molecule has 0 amide bonds. The van der Waals surface area contributed by atoms with E-state index in [-0.39, 0.29) is 25.9 Å². The van der Waals surface area contributed by atoms with Gasteiger partial charge in [0.2, 0.25) is 0 Å². The fourth-order valence-corrected chi connectivity index (χ4v) is 8.57. The van der Waals surface area contributed by atoms with Gasteiger partial charge in [0.1, 0.15) is 12.7 Å². The highest BCUT2D eigenvalue weighted by Gasteiger charge is 2.28. The molecule has 0 radical (unpaired) electrons. The zero-order chi connectivity index (χ0) is 56.9. The third-order valence-corrected chi connectivity index (χ3v) is 13.3. The van der Waals surface area contributed by atoms with Crippen molar-refractivity contribution < 1.29 is 52.2 Å². The third kappa shape index (κ3) is 56.6. The van der Waals surface area contributed by atoms with Crippen LogP contribution in [0.2, 0.25) is 0 Å². The lowest BCUT2D eigenvalue weighted by Gasteiger charge is -2.21. The second kappa shape index (κ2) is 59.0. The number of allylic oxidation sites excluding steroid dienone is 20. The molecule has 0 aliphatic rings. The predicted octanol–water partition coefficient (Wildman–Crippen LogP) is 18.4. The molecule has 3 atom stereocenters. The number of carbonyl (C=O) groups is 3. The Labute approximate surface area is 475 Å². The number of aliphatic hydroxyl groups excluding tert-OH is 1. The van der Waals surface area contributed by atoms with Crippen LogP contribution in [-0.4, -0.2) is 66.5 Å². The molecule has 0 bridgehead atoms. The summed E-state index contributed by atoms with van der Waals surface area (Å²) < 4.78 is 39.5. The Morgan fingerprint density at radius 3 is 1.09 bits per heavy atom. The molecule has 3 unspecified atom stereocenters. The summed E-state index contributed by atoms with van der Waals surface area (Å²) >= 11 is 0. The summed E-state index contributed by atoms with van der Waals surface area (Å²) in [6.45, 7) is 4.32. The Morgan fingerprint density at radius 1 is 0.372 bits per heavy atom. The molecule has 0 aromatic carbocycles. The number of carbonyl (C=O) groups excluding carboxylic acids is 3. The van der Waals surface area contributed by atoms with E-state index in [1.54, 1.807) is 0 Å². The molecule has 0 fully saturated rings. The van der Waals surface area contributed by atoms with E-state index in [1.807, 2.05) is 12.2 Å². The highest BCUT2D eigenvalue weighted by molar-refractivity contribution is 7.47. The van der Waals surface area contributed by atoms with Crippen molar-refractivity contribution in [3.05, 3.63) is 122 Å². The van der Waals surface area contributed by atoms with Crippen molar-refractivity contribution >= 4 is 25.7 Å². The topological polar surface area (TPSA) is 155 Å². The van der Waals surface area contributed by atoms with Gasteiger partial charge < -0.3 is 24.2 Å². The minimum Gasteiger partial charge on any atom is -0.462 e. The molecule has 12 heteroatoms. The summed E-state index contributed by atoms with van der Waals surface area (Å²) in [5, 5.41) is 9.83. The standard InChI is InChI=1S/C66H109O11P/c1-4-7-10-13-16-19-22-25-28-31-34-37-40-43-46-49-52-55-64(68)73-59-63(77-66(70)57-54-51-48-45-42-39-36-33-30-27-24-21-18-15-12-9-6-3)61-75-78(71,72)74-60-62(58-67)76-65(69)56-53-50-47-44-41-38-35-32-29-26-23-20-17-14-11-8-5-2/h8-9,11-12,17-18,20-21,25-30,35-36,38-39,45,48,62-63,67H,4-7,10,13-16,19,22-24,31-34,37,40-44,46-47,49-61H2,1-3H3,(H,71,72)/b11-8-,12-9-,20-17-,21-18-,28-25-,29-26-,30-27-,38-35-,39-36-,48-45-. The Kier molecular flexibility index (Phi) is 55.9. The van der Waals surface area contributed by atoms with Crippen molar-refractivity contribution in [2.75, 3.05) is 26.4 Å². The molecule has 0 aromatic heterocycles. The number of hydrogen-bond acceptors (Lipinski definition) is 10. The predicted molar refractivity (Wildman–Crippen MR) is 325 cm³/mol. The van der Waals surface area contributed by atoms with Gasteiger partial charge in [0, 0.05) is 19.3 Å². The first-order valence-electron chi connectivity index (χ1n) is 30.4. The van der Waals surface area contributed by atoms with Gasteiger partial charge in [-0.25, -0.2) is 4.57 Å². The summed E-state index contributed by atoms with van der Waals surface area (Å²) in [6.07, 6.45) is 73.0. The van der Waals surface area contributed by atoms with Crippen molar-refractivity contribution in [3.8, 4) is 0 Å². The maximum absolute atomic E-state index is 12.9. The van der Waals surface area contributed by atoms with Crippen LogP contribution in [0.1, 0.15) is 239 Å². The van der Waals surface area contributed by atoms with Crippen LogP contribution in [0, 0.1) is 0 Å². The minimum absolute atomic E-state index is 0.0809. The number of phosphoric ester groups is 1. The van der Waals surface area contributed by atoms with Gasteiger partial charge in [-0.15, -0.1) is 0 Å². The molecule has 444 valence electrons. The Balaban J connectivity index is 4.83. The Bertz CT molecular complexity index is 1770. The van der Waals surface area contributed by atoms with E-state index in [0.29, 0.717) is 25.7 Å². The number of aliphatic hydroxyl groups is 1. The highest BCUT2D eigenvalue weighted by Crippen LogP contribution is 2.43. The average molecular weight is 1110 g/mol. The van der Waals surface area contributed by atoms with Crippen LogP contribution >= 0.6 is 7.82 Å². The molecule has 0 aliphatic carbocycles. The van der Waals surface area contributed by atoms with E-state index in [4.69, 9.17) is 23.3 Å². The molecule has 2 N–H and O–H groups in total. The molecule has 0 saturated heterocycles. The molecule has 0 rings (SSSR count). The summed E-state index contributed by atoms with van der Waals surface area (Å²) in [5.41, 5.74) is 0. The van der Waals surface area contributed by atoms with Gasteiger partial charge in [0.25, 0.3) is 0 Å². The number of rotatable bonds is 55. The lowest BCUT2D eigenvalue weighted by molar-refractivity contribution is -0.161. The van der Waals surface area contributed by atoms with Crippen LogP contribution in [0.4, 0.5) is 0 Å². The smallest absolute Gasteiger partial charge is 0.462 e. The quantitative estimate of drug-likeness (QED) is 0.0197. The summed E-state index contributed by atoms with van der Waals surface area (Å²) in [7, 11) is -4.78. The molecule has 0 spiro atoms. The van der Waals surface area contributed by atoms with E-state index >= 15 is 0 Å².